The molecule has 0 atom stereocenters. The number of ether oxygens (including phenoxy) is 10. The maximum absolute atomic E-state index is 12.8. The van der Waals surface area contributed by atoms with Crippen LogP contribution < -0.4 is 18.9 Å². The summed E-state index contributed by atoms with van der Waals surface area (Å²) in [5.41, 5.74) is 9.32. The summed E-state index contributed by atoms with van der Waals surface area (Å²) in [6.45, 7) is 7.92. The largest absolute Gasteiger partial charge is 0.491 e. The fourth-order valence-electron chi connectivity index (χ4n) is 8.96. The maximum Gasteiger partial charge on any atom is 0.297 e. The zero-order valence-corrected chi connectivity index (χ0v) is 46.1. The van der Waals surface area contributed by atoms with Crippen LogP contribution >= 0.6 is 0 Å². The molecule has 0 fully saturated rings. The molecule has 8 rings (SSSR count). The van der Waals surface area contributed by atoms with Gasteiger partial charge in [-0.1, -0.05) is 108 Å². The molecular formula is C60H70O16S2. The van der Waals surface area contributed by atoms with Crippen LogP contribution in [0.4, 0.5) is 0 Å². The van der Waals surface area contributed by atoms with Gasteiger partial charge in [0.1, 0.15) is 49.4 Å². The second kappa shape index (κ2) is 29.9. The molecule has 0 amide bonds. The number of para-hydroxylation sites is 4. The Hall–Kier alpha value is -5.90. The summed E-state index contributed by atoms with van der Waals surface area (Å²) in [5.74, 6) is 2.82. The Bertz CT molecular complexity index is 2760. The second-order valence-corrected chi connectivity index (χ2v) is 21.8. The average molecular weight is 1110 g/mol. The van der Waals surface area contributed by atoms with Gasteiger partial charge in [-0.05, 0) is 82.6 Å². The number of aryl methyl sites for hydroxylation is 2. The lowest BCUT2D eigenvalue weighted by atomic mass is 9.91. The van der Waals surface area contributed by atoms with Gasteiger partial charge < -0.3 is 47.4 Å². The Labute approximate surface area is 458 Å². The van der Waals surface area contributed by atoms with E-state index < -0.39 is 20.2 Å². The first-order valence-corrected chi connectivity index (χ1v) is 29.2. The Kier molecular flexibility index (Phi) is 22.3. The monoisotopic (exact) mass is 1110 g/mol. The minimum absolute atomic E-state index is 0.0407. The fourth-order valence-corrected chi connectivity index (χ4v) is 10.7. The van der Waals surface area contributed by atoms with Crippen LogP contribution in [0.3, 0.4) is 0 Å². The molecule has 6 aromatic rings. The molecule has 16 nitrogen and oxygen atoms in total. The first-order valence-electron chi connectivity index (χ1n) is 26.4. The van der Waals surface area contributed by atoms with Gasteiger partial charge in [0.15, 0.2) is 0 Å². The van der Waals surface area contributed by atoms with Gasteiger partial charge in [0.2, 0.25) is 0 Å². The molecule has 0 N–H and O–H groups in total. The van der Waals surface area contributed by atoms with Crippen LogP contribution in [0, 0.1) is 13.8 Å². The molecule has 418 valence electrons. The predicted molar refractivity (Wildman–Crippen MR) is 293 cm³/mol. The van der Waals surface area contributed by atoms with Crippen molar-refractivity contribution in [2.75, 3.05) is 119 Å². The molecule has 1 aliphatic carbocycles. The van der Waals surface area contributed by atoms with Gasteiger partial charge in [-0.15, -0.1) is 0 Å². The first kappa shape index (κ1) is 58.3. The van der Waals surface area contributed by atoms with E-state index in [2.05, 4.69) is 48.5 Å². The van der Waals surface area contributed by atoms with E-state index in [4.69, 9.17) is 55.7 Å². The molecule has 1 heterocycles. The molecule has 0 saturated carbocycles. The van der Waals surface area contributed by atoms with Gasteiger partial charge in [0, 0.05) is 25.7 Å². The Morgan fingerprint density at radius 1 is 0.346 bits per heavy atom. The molecule has 6 aromatic carbocycles. The van der Waals surface area contributed by atoms with Crippen molar-refractivity contribution in [3.05, 3.63) is 177 Å². The van der Waals surface area contributed by atoms with E-state index in [0.717, 1.165) is 67.1 Å². The Morgan fingerprint density at radius 3 is 0.949 bits per heavy atom. The minimum Gasteiger partial charge on any atom is -0.491 e. The number of benzene rings is 6. The van der Waals surface area contributed by atoms with E-state index in [1.165, 1.54) is 24.3 Å². The molecule has 2 aliphatic rings. The molecular weight excluding hydrogens is 1040 g/mol. The molecule has 0 saturated heterocycles. The molecule has 10 bridgehead atoms. The van der Waals surface area contributed by atoms with Gasteiger partial charge in [-0.2, -0.15) is 16.8 Å². The van der Waals surface area contributed by atoms with Crippen molar-refractivity contribution in [2.24, 2.45) is 0 Å². The number of fused-ring (bicyclic) bond motifs is 2. The molecule has 0 radical (unpaired) electrons. The SMILES string of the molecule is Cc1ccc(S(=O)(=O)OCCOCCOc2c3cccc2Cc2cccc4c2OCCOCCOCCOCCOCCOc2c(cccc2Cc2cccc(c2OCCOCCOS(=O)(=O)c2ccc(C)cc2)C4)C3)cc1. The Balaban J connectivity index is 1.07. The van der Waals surface area contributed by atoms with E-state index in [0.29, 0.717) is 90.0 Å². The van der Waals surface area contributed by atoms with Crippen molar-refractivity contribution in [3.63, 3.8) is 0 Å². The summed E-state index contributed by atoms with van der Waals surface area (Å²) in [7, 11) is -7.88. The summed E-state index contributed by atoms with van der Waals surface area (Å²) in [6, 6.07) is 37.6. The highest BCUT2D eigenvalue weighted by molar-refractivity contribution is 7.87. The van der Waals surface area contributed by atoms with E-state index in [-0.39, 0.29) is 75.9 Å². The van der Waals surface area contributed by atoms with Crippen LogP contribution in [0.2, 0.25) is 0 Å². The van der Waals surface area contributed by atoms with Crippen LogP contribution in [0.25, 0.3) is 0 Å². The highest BCUT2D eigenvalue weighted by Crippen LogP contribution is 2.39. The lowest BCUT2D eigenvalue weighted by Gasteiger charge is -2.23. The van der Waals surface area contributed by atoms with Crippen LogP contribution in [-0.4, -0.2) is 136 Å². The quantitative estimate of drug-likeness (QED) is 0.0590. The number of hydrogen-bond donors (Lipinski definition) is 0. The van der Waals surface area contributed by atoms with Crippen LogP contribution in [0.1, 0.15) is 55.6 Å². The zero-order chi connectivity index (χ0) is 54.4. The third-order valence-electron chi connectivity index (χ3n) is 12.8. The molecule has 18 heteroatoms. The third kappa shape index (κ3) is 17.3. The first-order chi connectivity index (χ1) is 38.0. The van der Waals surface area contributed by atoms with Crippen LogP contribution in [0.15, 0.2) is 131 Å². The molecule has 0 aromatic heterocycles. The van der Waals surface area contributed by atoms with Gasteiger partial charge in [-0.25, -0.2) is 0 Å². The summed E-state index contributed by atoms with van der Waals surface area (Å²) in [6.07, 6.45) is 1.80. The van der Waals surface area contributed by atoms with E-state index >= 15 is 0 Å². The molecule has 0 spiro atoms. The molecule has 0 unspecified atom stereocenters. The van der Waals surface area contributed by atoms with E-state index in [1.807, 2.05) is 38.1 Å². The Morgan fingerprint density at radius 2 is 0.628 bits per heavy atom. The zero-order valence-electron chi connectivity index (χ0n) is 44.5. The molecule has 78 heavy (non-hydrogen) atoms. The minimum atomic E-state index is -3.94. The normalized spacial score (nSPS) is 15.2. The lowest BCUT2D eigenvalue weighted by molar-refractivity contribution is -0.00706. The smallest absolute Gasteiger partial charge is 0.297 e. The van der Waals surface area contributed by atoms with E-state index in [1.54, 1.807) is 24.3 Å². The van der Waals surface area contributed by atoms with Crippen molar-refractivity contribution in [3.8, 4) is 23.0 Å². The van der Waals surface area contributed by atoms with Gasteiger partial charge in [-0.3, -0.25) is 8.37 Å². The van der Waals surface area contributed by atoms with Crippen molar-refractivity contribution in [2.45, 2.75) is 49.3 Å². The second-order valence-electron chi connectivity index (χ2n) is 18.6. The summed E-state index contributed by atoms with van der Waals surface area (Å²) in [4.78, 5) is 0.178. The topological polar surface area (TPSA) is 179 Å². The average Bonchev–Trinajstić information content (AvgIpc) is 3.47. The third-order valence-corrected chi connectivity index (χ3v) is 15.5. The van der Waals surface area contributed by atoms with Gasteiger partial charge in [0.25, 0.3) is 20.2 Å². The number of rotatable bonds is 18. The lowest BCUT2D eigenvalue weighted by Crippen LogP contribution is -2.16. The fraction of sp³-hybridized carbons (Fsp3) is 0.400. The van der Waals surface area contributed by atoms with Crippen molar-refractivity contribution in [1.82, 2.24) is 0 Å². The van der Waals surface area contributed by atoms with Crippen molar-refractivity contribution < 1.29 is 72.6 Å². The van der Waals surface area contributed by atoms with Crippen molar-refractivity contribution >= 4 is 20.2 Å². The van der Waals surface area contributed by atoms with Gasteiger partial charge in [0.05, 0.1) is 102 Å². The predicted octanol–water partition coefficient (Wildman–Crippen LogP) is 8.42. The highest BCUT2D eigenvalue weighted by Gasteiger charge is 2.23. The maximum atomic E-state index is 12.8. The van der Waals surface area contributed by atoms with Crippen LogP contribution in [0.5, 0.6) is 23.0 Å². The highest BCUT2D eigenvalue weighted by atomic mass is 32.2. The summed E-state index contributed by atoms with van der Waals surface area (Å²) < 4.78 is 124. The van der Waals surface area contributed by atoms with Crippen LogP contribution in [-0.2, 0) is 82.7 Å². The van der Waals surface area contributed by atoms with Gasteiger partial charge >= 0.3 is 0 Å². The number of hydrogen-bond acceptors (Lipinski definition) is 16. The summed E-state index contributed by atoms with van der Waals surface area (Å²) in [5, 5.41) is 0. The van der Waals surface area contributed by atoms with E-state index in [9.17, 15) is 16.8 Å². The summed E-state index contributed by atoms with van der Waals surface area (Å²) >= 11 is 0. The molecule has 1 aliphatic heterocycles. The standard InChI is InChI=1S/C60H70O16S2/c1-45-15-19-55(20-16-45)77(61,62)75-39-33-69-31-37-73-59-51-11-5-12-52(59)42-48-8-4-10-50-44-54-14-6-13-53(60(54)74-38-32-70-34-40-76-78(63,64)56-21-17-46(2)18-22-56)43-49-9-3-7-47(41-51)57(49)71-35-29-67-27-25-65-23-24-66-26-28-68-30-36-72-58(48)50/h3-22H,23-44H2,1-2H3. The van der Waals surface area contributed by atoms with Crippen molar-refractivity contribution in [1.29, 1.82) is 0 Å².